The molecule has 1 heterocycles. The van der Waals surface area contributed by atoms with E-state index in [4.69, 9.17) is 10.8 Å². The predicted molar refractivity (Wildman–Crippen MR) is 51.2 cm³/mol. The molecule has 0 aromatic carbocycles. The molecule has 13 heavy (non-hydrogen) atoms. The van der Waals surface area contributed by atoms with Crippen LogP contribution in [0.15, 0.2) is 0 Å². The number of hydrogen-bond acceptors (Lipinski definition) is 4. The summed E-state index contributed by atoms with van der Waals surface area (Å²) in [5, 5.41) is 9.55. The lowest BCUT2D eigenvalue weighted by Gasteiger charge is -1.98. The maximum atomic E-state index is 10.7. The summed E-state index contributed by atoms with van der Waals surface area (Å²) >= 11 is 1.21. The second-order valence-corrected chi connectivity index (χ2v) is 4.09. The first-order chi connectivity index (χ1) is 6.00. The summed E-state index contributed by atoms with van der Waals surface area (Å²) < 4.78 is 0. The van der Waals surface area contributed by atoms with Gasteiger partial charge in [-0.3, -0.25) is 0 Å². The van der Waals surface area contributed by atoms with E-state index in [0.717, 1.165) is 5.01 Å². The van der Waals surface area contributed by atoms with Crippen LogP contribution in [0, 0.1) is 6.92 Å². The molecule has 0 aliphatic carbocycles. The van der Waals surface area contributed by atoms with E-state index in [2.05, 4.69) is 4.98 Å². The molecule has 1 aromatic heterocycles. The Hall–Kier alpha value is -0.940. The molecule has 1 aromatic rings. The van der Waals surface area contributed by atoms with E-state index in [1.807, 2.05) is 6.92 Å². The fourth-order valence-corrected chi connectivity index (χ4v) is 2.06. The summed E-state index contributed by atoms with van der Waals surface area (Å²) in [5.74, 6) is -0.911. The standard InChI is InChI=1S/C8H12N2O2S/c1-4(9)3-6-10-5(2)7(13-6)8(11)12/h4H,3,9H2,1-2H3,(H,11,12). The number of carboxylic acids is 1. The Morgan fingerprint density at radius 1 is 1.77 bits per heavy atom. The molecule has 3 N–H and O–H groups in total. The number of aromatic nitrogens is 1. The lowest BCUT2D eigenvalue weighted by molar-refractivity contribution is 0.0701. The van der Waals surface area contributed by atoms with Crippen LogP contribution in [0.1, 0.15) is 27.3 Å². The highest BCUT2D eigenvalue weighted by Gasteiger charge is 2.14. The van der Waals surface area contributed by atoms with Crippen LogP contribution in [-0.2, 0) is 6.42 Å². The molecule has 0 saturated carbocycles. The first-order valence-corrected chi connectivity index (χ1v) is 4.77. The van der Waals surface area contributed by atoms with Crippen LogP contribution >= 0.6 is 11.3 Å². The number of nitrogens with zero attached hydrogens (tertiary/aromatic N) is 1. The summed E-state index contributed by atoms with van der Waals surface area (Å²) in [6, 6.07) is 0.0206. The van der Waals surface area contributed by atoms with Crippen LogP contribution in [0.25, 0.3) is 0 Å². The minimum absolute atomic E-state index is 0.0206. The maximum absolute atomic E-state index is 10.7. The smallest absolute Gasteiger partial charge is 0.347 e. The molecule has 1 unspecified atom stereocenters. The molecule has 0 saturated heterocycles. The highest BCUT2D eigenvalue weighted by atomic mass is 32.1. The Morgan fingerprint density at radius 2 is 2.38 bits per heavy atom. The average molecular weight is 200 g/mol. The van der Waals surface area contributed by atoms with Crippen LogP contribution < -0.4 is 5.73 Å². The van der Waals surface area contributed by atoms with Crippen molar-refractivity contribution in [1.82, 2.24) is 4.98 Å². The molecule has 0 aliphatic heterocycles. The quantitative estimate of drug-likeness (QED) is 0.764. The zero-order valence-corrected chi connectivity index (χ0v) is 8.39. The number of carboxylic acid groups (broad SMARTS) is 1. The van der Waals surface area contributed by atoms with Crippen molar-refractivity contribution in [3.8, 4) is 0 Å². The van der Waals surface area contributed by atoms with Crippen molar-refractivity contribution in [3.05, 3.63) is 15.6 Å². The molecular weight excluding hydrogens is 188 g/mol. The van der Waals surface area contributed by atoms with Crippen LogP contribution in [0.2, 0.25) is 0 Å². The van der Waals surface area contributed by atoms with Gasteiger partial charge in [-0.25, -0.2) is 9.78 Å². The van der Waals surface area contributed by atoms with Gasteiger partial charge in [0, 0.05) is 12.5 Å². The number of thiazole rings is 1. The minimum atomic E-state index is -0.911. The van der Waals surface area contributed by atoms with Crippen molar-refractivity contribution in [2.45, 2.75) is 26.3 Å². The Labute approximate surface area is 80.4 Å². The predicted octanol–water partition coefficient (Wildman–Crippen LogP) is 1.04. The third-order valence-electron chi connectivity index (χ3n) is 1.53. The summed E-state index contributed by atoms with van der Waals surface area (Å²) in [7, 11) is 0. The molecule has 0 fully saturated rings. The average Bonchev–Trinajstić information content (AvgIpc) is 2.29. The number of carbonyl (C=O) groups is 1. The SMILES string of the molecule is Cc1nc(CC(C)N)sc1C(=O)O. The van der Waals surface area contributed by atoms with E-state index in [9.17, 15) is 4.79 Å². The van der Waals surface area contributed by atoms with Crippen molar-refractivity contribution in [2.24, 2.45) is 5.73 Å². The largest absolute Gasteiger partial charge is 0.477 e. The normalized spacial score (nSPS) is 12.8. The Bertz CT molecular complexity index is 320. The number of aromatic carboxylic acids is 1. The zero-order chi connectivity index (χ0) is 10.0. The van der Waals surface area contributed by atoms with Gasteiger partial charge in [0.15, 0.2) is 0 Å². The Morgan fingerprint density at radius 3 is 2.77 bits per heavy atom. The van der Waals surface area contributed by atoms with Gasteiger partial charge in [0.1, 0.15) is 4.88 Å². The van der Waals surface area contributed by atoms with Gasteiger partial charge in [0.25, 0.3) is 0 Å². The van der Waals surface area contributed by atoms with Crippen molar-refractivity contribution >= 4 is 17.3 Å². The first-order valence-electron chi connectivity index (χ1n) is 3.96. The number of hydrogen-bond donors (Lipinski definition) is 2. The summed E-state index contributed by atoms with van der Waals surface area (Å²) in [5.41, 5.74) is 6.16. The van der Waals surface area contributed by atoms with E-state index in [1.165, 1.54) is 11.3 Å². The number of rotatable bonds is 3. The zero-order valence-electron chi connectivity index (χ0n) is 7.57. The monoisotopic (exact) mass is 200 g/mol. The van der Waals surface area contributed by atoms with Gasteiger partial charge in [0.2, 0.25) is 0 Å². The molecule has 72 valence electrons. The van der Waals surface area contributed by atoms with Crippen molar-refractivity contribution in [2.75, 3.05) is 0 Å². The van der Waals surface area contributed by atoms with Crippen LogP contribution in [0.5, 0.6) is 0 Å². The van der Waals surface area contributed by atoms with E-state index in [0.29, 0.717) is 17.0 Å². The third-order valence-corrected chi connectivity index (χ3v) is 2.70. The highest BCUT2D eigenvalue weighted by molar-refractivity contribution is 7.13. The molecule has 4 nitrogen and oxygen atoms in total. The molecule has 0 amide bonds. The van der Waals surface area contributed by atoms with E-state index in [1.54, 1.807) is 6.92 Å². The first kappa shape index (κ1) is 10.1. The fourth-order valence-electron chi connectivity index (χ4n) is 1.01. The van der Waals surface area contributed by atoms with E-state index in [-0.39, 0.29) is 6.04 Å². The van der Waals surface area contributed by atoms with E-state index >= 15 is 0 Å². The Kier molecular flexibility index (Phi) is 3.00. The van der Waals surface area contributed by atoms with Gasteiger partial charge in [-0.15, -0.1) is 11.3 Å². The molecule has 1 rings (SSSR count). The molecule has 5 heteroatoms. The summed E-state index contributed by atoms with van der Waals surface area (Å²) in [4.78, 5) is 15.1. The maximum Gasteiger partial charge on any atom is 0.347 e. The third kappa shape index (κ3) is 2.50. The Balaban J connectivity index is 2.89. The fraction of sp³-hybridized carbons (Fsp3) is 0.500. The molecule has 0 bridgehead atoms. The van der Waals surface area contributed by atoms with Gasteiger partial charge in [0.05, 0.1) is 10.7 Å². The topological polar surface area (TPSA) is 76.2 Å². The van der Waals surface area contributed by atoms with Crippen LogP contribution in [0.4, 0.5) is 0 Å². The van der Waals surface area contributed by atoms with Gasteiger partial charge < -0.3 is 10.8 Å². The van der Waals surface area contributed by atoms with Gasteiger partial charge in [-0.1, -0.05) is 0 Å². The molecule has 0 radical (unpaired) electrons. The number of aryl methyl sites for hydroxylation is 1. The van der Waals surface area contributed by atoms with Crippen molar-refractivity contribution in [3.63, 3.8) is 0 Å². The molecule has 0 spiro atoms. The van der Waals surface area contributed by atoms with Gasteiger partial charge >= 0.3 is 5.97 Å². The molecule has 0 aliphatic rings. The van der Waals surface area contributed by atoms with Crippen molar-refractivity contribution < 1.29 is 9.90 Å². The number of nitrogens with two attached hydrogens (primary N) is 1. The minimum Gasteiger partial charge on any atom is -0.477 e. The lowest BCUT2D eigenvalue weighted by atomic mass is 10.3. The van der Waals surface area contributed by atoms with Gasteiger partial charge in [-0.05, 0) is 13.8 Å². The van der Waals surface area contributed by atoms with Gasteiger partial charge in [-0.2, -0.15) is 0 Å². The van der Waals surface area contributed by atoms with Crippen LogP contribution in [-0.4, -0.2) is 22.1 Å². The second kappa shape index (κ2) is 3.85. The van der Waals surface area contributed by atoms with Crippen LogP contribution in [0.3, 0.4) is 0 Å². The summed E-state index contributed by atoms with van der Waals surface area (Å²) in [6.07, 6.45) is 0.638. The summed E-state index contributed by atoms with van der Waals surface area (Å²) in [6.45, 7) is 3.57. The lowest BCUT2D eigenvalue weighted by Crippen LogP contribution is -2.17. The van der Waals surface area contributed by atoms with Crippen molar-refractivity contribution in [1.29, 1.82) is 0 Å². The second-order valence-electron chi connectivity index (χ2n) is 3.01. The highest BCUT2D eigenvalue weighted by Crippen LogP contribution is 2.18. The molecule has 1 atom stereocenters. The molecular formula is C8H12N2O2S. The van der Waals surface area contributed by atoms with E-state index < -0.39 is 5.97 Å².